The van der Waals surface area contributed by atoms with Crippen molar-refractivity contribution in [2.45, 2.75) is 109 Å². The van der Waals surface area contributed by atoms with Gasteiger partial charge in [-0.05, 0) is 68.9 Å². The van der Waals surface area contributed by atoms with Gasteiger partial charge in [-0.1, -0.05) is 39.3 Å². The second kappa shape index (κ2) is 11.8. The Hall–Kier alpha value is -2.93. The number of carbonyl (C=O) groups is 1. The number of ether oxygens (including phenoxy) is 2. The molecule has 9 nitrogen and oxygen atoms in total. The highest BCUT2D eigenvalue weighted by atomic mass is 35.5. The van der Waals surface area contributed by atoms with Crippen molar-refractivity contribution >= 4 is 17.5 Å². The first kappa shape index (κ1) is 31.1. The Morgan fingerprint density at radius 1 is 1.05 bits per heavy atom. The lowest BCUT2D eigenvalue weighted by molar-refractivity contribution is -0.164. The van der Waals surface area contributed by atoms with Crippen LogP contribution in [0.2, 0.25) is 5.02 Å². The SMILES string of the molecule is CC1(C)C(NC(=O)c2cnc(OC3CCC4(CC3)CC(N3CCC(O)CC3)C4)nc2)C(C)(C)C1Oc1ccc(C#N)c(Cl)c1. The van der Waals surface area contributed by atoms with Gasteiger partial charge < -0.3 is 24.8 Å². The molecule has 1 aromatic heterocycles. The van der Waals surface area contributed by atoms with E-state index in [9.17, 15) is 9.90 Å². The molecule has 1 aromatic carbocycles. The molecule has 10 heteroatoms. The number of hydrogen-bond donors (Lipinski definition) is 2. The van der Waals surface area contributed by atoms with Crippen molar-refractivity contribution in [3.05, 3.63) is 46.7 Å². The van der Waals surface area contributed by atoms with E-state index in [1.165, 1.54) is 25.7 Å². The van der Waals surface area contributed by atoms with Crippen molar-refractivity contribution in [3.63, 3.8) is 0 Å². The minimum Gasteiger partial charge on any atom is -0.489 e. The first-order valence-corrected chi connectivity index (χ1v) is 16.4. The number of halogens is 1. The second-order valence-corrected chi connectivity index (χ2v) is 15.1. The van der Waals surface area contributed by atoms with Crippen LogP contribution in [0.25, 0.3) is 0 Å². The molecule has 236 valence electrons. The normalized spacial score (nSPS) is 31.3. The molecule has 3 aliphatic carbocycles. The molecule has 0 unspecified atom stereocenters. The van der Waals surface area contributed by atoms with Crippen molar-refractivity contribution in [2.24, 2.45) is 16.2 Å². The maximum Gasteiger partial charge on any atom is 0.316 e. The van der Waals surface area contributed by atoms with E-state index in [4.69, 9.17) is 26.3 Å². The Morgan fingerprint density at radius 2 is 1.68 bits per heavy atom. The highest BCUT2D eigenvalue weighted by Gasteiger charge is 2.64. The number of amides is 1. The van der Waals surface area contributed by atoms with E-state index in [0.29, 0.717) is 39.4 Å². The number of hydrogen-bond acceptors (Lipinski definition) is 8. The molecule has 1 aliphatic heterocycles. The predicted molar refractivity (Wildman–Crippen MR) is 167 cm³/mol. The highest BCUT2D eigenvalue weighted by molar-refractivity contribution is 6.31. The average Bonchev–Trinajstić information content (AvgIpc) is 2.98. The van der Waals surface area contributed by atoms with Crippen LogP contribution in [0.3, 0.4) is 0 Å². The molecule has 2 heterocycles. The fourth-order valence-corrected chi connectivity index (χ4v) is 8.85. The van der Waals surface area contributed by atoms with Crippen LogP contribution in [0.5, 0.6) is 11.8 Å². The van der Waals surface area contributed by atoms with Gasteiger partial charge in [-0.15, -0.1) is 0 Å². The Labute approximate surface area is 265 Å². The number of carbonyl (C=O) groups excluding carboxylic acids is 1. The number of nitrogens with one attached hydrogen (secondary N) is 1. The van der Waals surface area contributed by atoms with Crippen molar-refractivity contribution < 1.29 is 19.4 Å². The number of rotatable bonds is 7. The van der Waals surface area contributed by atoms with Gasteiger partial charge >= 0.3 is 6.01 Å². The third-order valence-corrected chi connectivity index (χ3v) is 11.3. The van der Waals surface area contributed by atoms with Crippen LogP contribution < -0.4 is 14.8 Å². The number of piperidine rings is 1. The average molecular weight is 622 g/mol. The quantitative estimate of drug-likeness (QED) is 0.413. The topological polar surface area (TPSA) is 121 Å². The van der Waals surface area contributed by atoms with Crippen LogP contribution in [-0.4, -0.2) is 69.4 Å². The van der Waals surface area contributed by atoms with E-state index in [2.05, 4.69) is 53.9 Å². The lowest BCUT2D eigenvalue weighted by atomic mass is 9.49. The molecule has 1 amide bonds. The lowest BCUT2D eigenvalue weighted by Gasteiger charge is -2.63. The van der Waals surface area contributed by atoms with Crippen LogP contribution in [0.15, 0.2) is 30.6 Å². The zero-order valence-electron chi connectivity index (χ0n) is 26.2. The molecule has 6 rings (SSSR count). The summed E-state index contributed by atoms with van der Waals surface area (Å²) in [5.41, 5.74) is 0.517. The second-order valence-electron chi connectivity index (χ2n) is 14.7. The number of nitrogens with zero attached hydrogens (tertiary/aromatic N) is 4. The van der Waals surface area contributed by atoms with Crippen LogP contribution in [0, 0.1) is 27.6 Å². The summed E-state index contributed by atoms with van der Waals surface area (Å²) in [6.45, 7) is 10.3. The van der Waals surface area contributed by atoms with E-state index >= 15 is 0 Å². The minimum absolute atomic E-state index is 0.101. The van der Waals surface area contributed by atoms with Crippen molar-refractivity contribution in [1.82, 2.24) is 20.2 Å². The number of aromatic nitrogens is 2. The van der Waals surface area contributed by atoms with Crippen LogP contribution in [0.1, 0.15) is 95.0 Å². The zero-order valence-corrected chi connectivity index (χ0v) is 26.9. The fourth-order valence-electron chi connectivity index (χ4n) is 8.63. The van der Waals surface area contributed by atoms with Crippen molar-refractivity contribution in [2.75, 3.05) is 13.1 Å². The Morgan fingerprint density at radius 3 is 2.27 bits per heavy atom. The van der Waals surface area contributed by atoms with Crippen LogP contribution in [0.4, 0.5) is 0 Å². The number of aliphatic hydroxyl groups excluding tert-OH is 1. The maximum absolute atomic E-state index is 13.2. The maximum atomic E-state index is 13.2. The molecule has 3 saturated carbocycles. The molecular formula is C34H44ClN5O4. The summed E-state index contributed by atoms with van der Waals surface area (Å²) in [7, 11) is 0. The lowest BCUT2D eigenvalue weighted by Crippen LogP contribution is -2.74. The molecule has 2 N–H and O–H groups in total. The summed E-state index contributed by atoms with van der Waals surface area (Å²) in [5, 5.41) is 22.5. The molecule has 0 atom stereocenters. The largest absolute Gasteiger partial charge is 0.489 e. The summed E-state index contributed by atoms with van der Waals surface area (Å²) in [4.78, 5) is 24.6. The fraction of sp³-hybridized carbons (Fsp3) is 0.647. The molecule has 0 radical (unpaired) electrons. The molecule has 44 heavy (non-hydrogen) atoms. The first-order chi connectivity index (χ1) is 20.9. The minimum atomic E-state index is -0.363. The standard InChI is InChI=1S/C34H44ClN5O4/c1-32(2)29(33(3,4)30(32)43-26-6-5-21(18-36)27(35)15-26)39-28(42)22-19-37-31(38-20-22)44-25-7-11-34(12-8-25)16-23(17-34)40-13-9-24(41)10-14-40/h5-6,15,19-20,23-25,29-30,41H,7-14,16-17H2,1-4H3,(H,39,42). The predicted octanol–water partition coefficient (Wildman–Crippen LogP) is 5.54. The molecule has 1 saturated heterocycles. The van der Waals surface area contributed by atoms with Crippen LogP contribution >= 0.6 is 11.6 Å². The zero-order chi connectivity index (χ0) is 31.3. The van der Waals surface area contributed by atoms with Gasteiger partial charge in [-0.3, -0.25) is 4.79 Å². The molecule has 4 fully saturated rings. The van der Waals surface area contributed by atoms with Crippen molar-refractivity contribution in [3.8, 4) is 17.8 Å². The van der Waals surface area contributed by atoms with Gasteiger partial charge in [0.2, 0.25) is 0 Å². The Balaban J connectivity index is 0.980. The summed E-state index contributed by atoms with van der Waals surface area (Å²) in [6.07, 6.45) is 11.6. The summed E-state index contributed by atoms with van der Waals surface area (Å²) < 4.78 is 12.5. The van der Waals surface area contributed by atoms with Gasteiger partial charge in [-0.2, -0.15) is 5.26 Å². The molecule has 1 spiro atoms. The summed E-state index contributed by atoms with van der Waals surface area (Å²) in [6, 6.07) is 7.98. The highest BCUT2D eigenvalue weighted by Crippen LogP contribution is 2.56. The van der Waals surface area contributed by atoms with E-state index in [0.717, 1.165) is 38.8 Å². The number of benzene rings is 1. The smallest absolute Gasteiger partial charge is 0.316 e. The van der Waals surface area contributed by atoms with E-state index in [-0.39, 0.29) is 41.1 Å². The van der Waals surface area contributed by atoms with E-state index < -0.39 is 0 Å². The molecular weight excluding hydrogens is 578 g/mol. The number of likely N-dealkylation sites (tertiary alicyclic amines) is 1. The third kappa shape index (κ3) is 5.89. The van der Waals surface area contributed by atoms with Gasteiger partial charge in [0, 0.05) is 54.5 Å². The van der Waals surface area contributed by atoms with Crippen molar-refractivity contribution in [1.29, 1.82) is 5.26 Å². The monoisotopic (exact) mass is 621 g/mol. The summed E-state index contributed by atoms with van der Waals surface area (Å²) >= 11 is 6.21. The third-order valence-electron chi connectivity index (χ3n) is 10.9. The number of aliphatic hydroxyl groups is 1. The molecule has 2 aromatic rings. The van der Waals surface area contributed by atoms with E-state index in [1.54, 1.807) is 30.6 Å². The van der Waals surface area contributed by atoms with E-state index in [1.807, 2.05) is 0 Å². The number of nitriles is 1. The Bertz CT molecular complexity index is 1380. The molecule has 4 aliphatic rings. The van der Waals surface area contributed by atoms with Gasteiger partial charge in [0.25, 0.3) is 5.91 Å². The summed E-state index contributed by atoms with van der Waals surface area (Å²) in [5.74, 6) is 0.364. The molecule has 0 bridgehead atoms. The van der Waals surface area contributed by atoms with Gasteiger partial charge in [0.1, 0.15) is 24.0 Å². The van der Waals surface area contributed by atoms with Gasteiger partial charge in [-0.25, -0.2) is 9.97 Å². The van der Waals surface area contributed by atoms with Gasteiger partial charge in [0.15, 0.2) is 0 Å². The first-order valence-electron chi connectivity index (χ1n) is 16.0. The van der Waals surface area contributed by atoms with Gasteiger partial charge in [0.05, 0.1) is 22.3 Å². The van der Waals surface area contributed by atoms with Crippen LogP contribution in [-0.2, 0) is 0 Å². The Kier molecular flexibility index (Phi) is 8.32.